The molecule has 0 saturated heterocycles. The Morgan fingerprint density at radius 1 is 1.14 bits per heavy atom. The van der Waals surface area contributed by atoms with Crippen molar-refractivity contribution in [3.8, 4) is 23.3 Å². The number of anilines is 1. The smallest absolute Gasteiger partial charge is 0.268 e. The Balaban J connectivity index is 1.68. The van der Waals surface area contributed by atoms with Crippen LogP contribution in [0, 0.1) is 11.3 Å². The molecule has 1 heterocycles. The molecule has 0 saturated carbocycles. The number of para-hydroxylation sites is 1. The van der Waals surface area contributed by atoms with Crippen LogP contribution in [0.25, 0.3) is 6.08 Å². The van der Waals surface area contributed by atoms with Gasteiger partial charge in [-0.2, -0.15) is 14.6 Å². The summed E-state index contributed by atoms with van der Waals surface area (Å²) >= 11 is 6.77. The predicted molar refractivity (Wildman–Crippen MR) is 135 cm³/mol. The lowest BCUT2D eigenvalue weighted by Gasteiger charge is -2.13. The first kappa shape index (κ1) is 26.9. The minimum atomic E-state index is -3.61. The van der Waals surface area contributed by atoms with Gasteiger partial charge in [-0.3, -0.25) is 10.1 Å². The summed E-state index contributed by atoms with van der Waals surface area (Å²) in [6.45, 7) is 2.66. The second kappa shape index (κ2) is 12.3. The molecule has 1 amide bonds. The maximum Gasteiger partial charge on any atom is 0.268 e. The van der Waals surface area contributed by atoms with Crippen molar-refractivity contribution in [2.75, 3.05) is 31.4 Å². The molecule has 3 aromatic rings. The minimum Gasteiger partial charge on any atom is -0.490 e. The van der Waals surface area contributed by atoms with Crippen molar-refractivity contribution in [1.29, 1.82) is 5.26 Å². The van der Waals surface area contributed by atoms with Gasteiger partial charge in [0.1, 0.15) is 30.6 Å². The summed E-state index contributed by atoms with van der Waals surface area (Å²) in [4.78, 5) is 16.3. The Labute approximate surface area is 217 Å². The molecule has 188 valence electrons. The van der Waals surface area contributed by atoms with Gasteiger partial charge in [0.05, 0.1) is 11.6 Å². The molecule has 0 aliphatic carbocycles. The molecule has 36 heavy (non-hydrogen) atoms. The average Bonchev–Trinajstić information content (AvgIpc) is 3.31. The number of nitrogens with one attached hydrogen (secondary N) is 1. The minimum absolute atomic E-state index is 0.0423. The molecule has 3 rings (SSSR count). The van der Waals surface area contributed by atoms with E-state index in [4.69, 9.17) is 25.8 Å². The van der Waals surface area contributed by atoms with E-state index < -0.39 is 20.9 Å². The Hall–Kier alpha value is -3.66. The molecule has 0 spiro atoms. The van der Waals surface area contributed by atoms with E-state index in [9.17, 15) is 18.5 Å². The summed E-state index contributed by atoms with van der Waals surface area (Å²) in [5.74, 6) is 0.672. The zero-order chi connectivity index (χ0) is 26.1. The van der Waals surface area contributed by atoms with Gasteiger partial charge in [0, 0.05) is 17.8 Å². The van der Waals surface area contributed by atoms with Gasteiger partial charge in [0.25, 0.3) is 11.1 Å². The molecule has 10 nitrogen and oxygen atoms in total. The van der Waals surface area contributed by atoms with Crippen molar-refractivity contribution in [2.45, 2.75) is 12.1 Å². The van der Waals surface area contributed by atoms with Gasteiger partial charge < -0.3 is 14.2 Å². The predicted octanol–water partition coefficient (Wildman–Crippen LogP) is 4.00. The highest BCUT2D eigenvalue weighted by Gasteiger charge is 2.18. The first-order chi connectivity index (χ1) is 17.2. The fourth-order valence-corrected chi connectivity index (χ4v) is 4.39. The highest BCUT2D eigenvalue weighted by molar-refractivity contribution is 7.90. The van der Waals surface area contributed by atoms with E-state index in [1.807, 2.05) is 25.1 Å². The van der Waals surface area contributed by atoms with Crippen LogP contribution in [0.4, 0.5) is 5.13 Å². The van der Waals surface area contributed by atoms with Crippen molar-refractivity contribution in [1.82, 2.24) is 9.36 Å². The molecule has 0 bridgehead atoms. The van der Waals surface area contributed by atoms with Gasteiger partial charge in [-0.25, -0.2) is 8.42 Å². The molecular formula is C23H21ClN4O6S2. The topological polar surface area (TPSA) is 140 Å². The maximum absolute atomic E-state index is 12.5. The second-order valence-corrected chi connectivity index (χ2v) is 10.1. The Morgan fingerprint density at radius 3 is 2.50 bits per heavy atom. The van der Waals surface area contributed by atoms with Gasteiger partial charge in [-0.15, -0.1) is 0 Å². The molecule has 2 aromatic carbocycles. The number of amides is 1. The zero-order valence-electron chi connectivity index (χ0n) is 19.2. The van der Waals surface area contributed by atoms with Crippen LogP contribution in [-0.4, -0.2) is 49.8 Å². The van der Waals surface area contributed by atoms with Gasteiger partial charge in [-0.05, 0) is 42.8 Å². The standard InChI is InChI=1S/C23H21ClN4O6S2/c1-3-32-20-13-15(8-9-19(20)34-11-10-33-18-7-5-4-6-17(18)24)12-16(14-25)21(29)26-22-27-23(28-35-22)36(2,30)31/h4-9,12-13H,3,10-11H2,1-2H3,(H,26,27,28,29)/b16-12-. The van der Waals surface area contributed by atoms with E-state index in [0.717, 1.165) is 6.26 Å². The molecule has 0 radical (unpaired) electrons. The van der Waals surface area contributed by atoms with Crippen LogP contribution in [0.3, 0.4) is 0 Å². The van der Waals surface area contributed by atoms with Crippen molar-refractivity contribution < 1.29 is 27.4 Å². The van der Waals surface area contributed by atoms with Crippen LogP contribution in [0.1, 0.15) is 12.5 Å². The SMILES string of the molecule is CCOc1cc(/C=C(/C#N)C(=O)Nc2nc(S(C)(=O)=O)ns2)ccc1OCCOc1ccccc1Cl. The Kier molecular flexibility index (Phi) is 9.24. The van der Waals surface area contributed by atoms with E-state index in [2.05, 4.69) is 14.7 Å². The van der Waals surface area contributed by atoms with E-state index in [1.54, 1.807) is 30.3 Å². The number of benzene rings is 2. The average molecular weight is 549 g/mol. The molecule has 13 heteroatoms. The first-order valence-electron chi connectivity index (χ1n) is 10.4. The number of halogens is 1. The van der Waals surface area contributed by atoms with Gasteiger partial charge >= 0.3 is 0 Å². The lowest BCUT2D eigenvalue weighted by molar-refractivity contribution is -0.112. The number of rotatable bonds is 11. The number of nitriles is 1. The number of hydrogen-bond donors (Lipinski definition) is 1. The molecule has 1 N–H and O–H groups in total. The summed E-state index contributed by atoms with van der Waals surface area (Å²) in [5.41, 5.74) is 0.286. The third kappa shape index (κ3) is 7.42. The first-order valence-corrected chi connectivity index (χ1v) is 13.5. The van der Waals surface area contributed by atoms with Crippen LogP contribution in [0.5, 0.6) is 17.2 Å². The summed E-state index contributed by atoms with van der Waals surface area (Å²) in [5, 5.41) is 11.9. The second-order valence-electron chi connectivity index (χ2n) is 7.04. The van der Waals surface area contributed by atoms with Crippen LogP contribution in [0.15, 0.2) is 53.2 Å². The van der Waals surface area contributed by atoms with Crippen LogP contribution >= 0.6 is 23.1 Å². The Morgan fingerprint density at radius 2 is 1.86 bits per heavy atom. The molecular weight excluding hydrogens is 528 g/mol. The highest BCUT2D eigenvalue weighted by atomic mass is 35.5. The quantitative estimate of drug-likeness (QED) is 0.214. The maximum atomic E-state index is 12.5. The zero-order valence-corrected chi connectivity index (χ0v) is 21.6. The third-order valence-corrected chi connectivity index (χ3v) is 6.24. The molecule has 0 aliphatic rings. The third-order valence-electron chi connectivity index (χ3n) is 4.34. The molecule has 0 atom stereocenters. The van der Waals surface area contributed by atoms with Crippen LogP contribution < -0.4 is 19.5 Å². The van der Waals surface area contributed by atoms with Crippen molar-refractivity contribution in [3.05, 3.63) is 58.6 Å². The number of sulfone groups is 1. The summed E-state index contributed by atoms with van der Waals surface area (Å²) in [6, 6.07) is 13.9. The van der Waals surface area contributed by atoms with E-state index in [0.29, 0.717) is 46.0 Å². The summed E-state index contributed by atoms with van der Waals surface area (Å²) in [6.07, 6.45) is 2.32. The lowest BCUT2D eigenvalue weighted by atomic mass is 10.1. The highest BCUT2D eigenvalue weighted by Crippen LogP contribution is 2.30. The van der Waals surface area contributed by atoms with Gasteiger partial charge in [-0.1, -0.05) is 29.8 Å². The summed E-state index contributed by atoms with van der Waals surface area (Å²) < 4.78 is 43.7. The van der Waals surface area contributed by atoms with E-state index in [-0.39, 0.29) is 23.9 Å². The number of ether oxygens (including phenoxy) is 3. The Bertz CT molecular complexity index is 1420. The number of carbonyl (C=O) groups excluding carboxylic acids is 1. The van der Waals surface area contributed by atoms with Crippen molar-refractivity contribution in [2.24, 2.45) is 0 Å². The fourth-order valence-electron chi connectivity index (χ4n) is 2.76. The van der Waals surface area contributed by atoms with E-state index >= 15 is 0 Å². The molecule has 0 fully saturated rings. The number of carbonyl (C=O) groups is 1. The van der Waals surface area contributed by atoms with Crippen molar-refractivity contribution in [3.63, 3.8) is 0 Å². The number of nitrogens with zero attached hydrogens (tertiary/aromatic N) is 3. The lowest BCUT2D eigenvalue weighted by Crippen LogP contribution is -2.13. The van der Waals surface area contributed by atoms with Crippen molar-refractivity contribution >= 4 is 50.1 Å². The van der Waals surface area contributed by atoms with Crippen LogP contribution in [0.2, 0.25) is 5.02 Å². The molecule has 0 aliphatic heterocycles. The van der Waals surface area contributed by atoms with Gasteiger partial charge in [0.2, 0.25) is 15.0 Å². The number of aromatic nitrogens is 2. The summed E-state index contributed by atoms with van der Waals surface area (Å²) in [7, 11) is -3.61. The number of hydrogen-bond acceptors (Lipinski definition) is 10. The molecule has 0 unspecified atom stereocenters. The fraction of sp³-hybridized carbons (Fsp3) is 0.217. The normalized spacial score (nSPS) is 11.4. The van der Waals surface area contributed by atoms with Gasteiger partial charge in [0.15, 0.2) is 11.5 Å². The molecule has 1 aromatic heterocycles. The monoisotopic (exact) mass is 548 g/mol. The van der Waals surface area contributed by atoms with E-state index in [1.165, 1.54) is 6.08 Å². The van der Waals surface area contributed by atoms with Crippen LogP contribution in [-0.2, 0) is 14.6 Å². The largest absolute Gasteiger partial charge is 0.490 e.